The normalized spacial score (nSPS) is 18.4. The average molecular weight is 227 g/mol. The maximum atomic E-state index is 11.9. The van der Waals surface area contributed by atoms with Gasteiger partial charge in [-0.3, -0.25) is 4.79 Å². The van der Waals surface area contributed by atoms with E-state index in [1.807, 2.05) is 13.8 Å². The van der Waals surface area contributed by atoms with Crippen molar-refractivity contribution in [2.75, 3.05) is 6.54 Å². The van der Waals surface area contributed by atoms with Crippen molar-refractivity contribution in [3.8, 4) is 0 Å². The number of amides is 1. The lowest BCUT2D eigenvalue weighted by Gasteiger charge is -2.27. The second kappa shape index (κ2) is 6.24. The Kier molecular flexibility index (Phi) is 5.26. The molecule has 1 rings (SSSR count). The summed E-state index contributed by atoms with van der Waals surface area (Å²) in [5.74, 6) is 0.326. The monoisotopic (exact) mass is 227 g/mol. The van der Waals surface area contributed by atoms with Crippen LogP contribution in [0.3, 0.4) is 0 Å². The van der Waals surface area contributed by atoms with E-state index < -0.39 is 5.60 Å². The Hall–Kier alpha value is -0.570. The first kappa shape index (κ1) is 13.5. The van der Waals surface area contributed by atoms with Gasteiger partial charge >= 0.3 is 0 Å². The van der Waals surface area contributed by atoms with Gasteiger partial charge in [-0.2, -0.15) is 0 Å². The van der Waals surface area contributed by atoms with Crippen molar-refractivity contribution < 1.29 is 9.90 Å². The third kappa shape index (κ3) is 3.78. The molecule has 0 atom stereocenters. The third-order valence-corrected chi connectivity index (χ3v) is 3.88. The summed E-state index contributed by atoms with van der Waals surface area (Å²) >= 11 is 0. The minimum Gasteiger partial charge on any atom is -0.388 e. The zero-order valence-electron chi connectivity index (χ0n) is 10.6. The van der Waals surface area contributed by atoms with E-state index in [0.717, 1.165) is 12.8 Å². The molecule has 0 radical (unpaired) electrons. The summed E-state index contributed by atoms with van der Waals surface area (Å²) in [5, 5.41) is 13.0. The molecule has 16 heavy (non-hydrogen) atoms. The highest BCUT2D eigenvalue weighted by Gasteiger charge is 2.26. The zero-order valence-corrected chi connectivity index (χ0v) is 10.6. The fourth-order valence-corrected chi connectivity index (χ4v) is 2.26. The van der Waals surface area contributed by atoms with E-state index in [1.165, 1.54) is 19.3 Å². The predicted octanol–water partition coefficient (Wildman–Crippen LogP) is 2.23. The molecule has 1 saturated carbocycles. The van der Waals surface area contributed by atoms with E-state index >= 15 is 0 Å². The number of carbonyl (C=O) groups excluding carboxylic acids is 1. The van der Waals surface area contributed by atoms with Crippen LogP contribution >= 0.6 is 0 Å². The highest BCUT2D eigenvalue weighted by atomic mass is 16.3. The topological polar surface area (TPSA) is 49.3 Å². The molecule has 3 heteroatoms. The largest absolute Gasteiger partial charge is 0.388 e. The Morgan fingerprint density at radius 3 is 2.31 bits per heavy atom. The van der Waals surface area contributed by atoms with E-state index in [4.69, 9.17) is 0 Å². The number of hydrogen-bond donors (Lipinski definition) is 2. The van der Waals surface area contributed by atoms with Gasteiger partial charge in [0.1, 0.15) is 0 Å². The smallest absolute Gasteiger partial charge is 0.223 e. The molecule has 1 aliphatic rings. The number of rotatable bonds is 5. The first-order valence-corrected chi connectivity index (χ1v) is 6.61. The Morgan fingerprint density at radius 2 is 1.81 bits per heavy atom. The lowest BCUT2D eigenvalue weighted by Crippen LogP contribution is -2.44. The van der Waals surface area contributed by atoms with Crippen LogP contribution in [-0.4, -0.2) is 23.2 Å². The van der Waals surface area contributed by atoms with Crippen molar-refractivity contribution in [3.63, 3.8) is 0 Å². The molecule has 2 N–H and O–H groups in total. The molecule has 0 spiro atoms. The fraction of sp³-hybridized carbons (Fsp3) is 0.923. The lowest BCUT2D eigenvalue weighted by molar-refractivity contribution is -0.127. The standard InChI is InChI=1S/C13H25NO2/c1-3-13(16,4-2)10-14-12(15)11-8-6-5-7-9-11/h11,16H,3-10H2,1-2H3,(H,14,15). The average Bonchev–Trinajstić information content (AvgIpc) is 2.36. The van der Waals surface area contributed by atoms with Crippen LogP contribution in [0.25, 0.3) is 0 Å². The van der Waals surface area contributed by atoms with E-state index in [2.05, 4.69) is 5.32 Å². The van der Waals surface area contributed by atoms with Crippen molar-refractivity contribution in [1.82, 2.24) is 5.32 Å². The van der Waals surface area contributed by atoms with Crippen LogP contribution in [0.2, 0.25) is 0 Å². The highest BCUT2D eigenvalue weighted by Crippen LogP contribution is 2.24. The van der Waals surface area contributed by atoms with Crippen LogP contribution in [0.5, 0.6) is 0 Å². The molecular formula is C13H25NO2. The van der Waals surface area contributed by atoms with Gasteiger partial charge in [-0.05, 0) is 25.7 Å². The lowest BCUT2D eigenvalue weighted by atomic mass is 9.88. The van der Waals surface area contributed by atoms with Gasteiger partial charge in [0.2, 0.25) is 5.91 Å². The number of nitrogens with one attached hydrogen (secondary N) is 1. The Morgan fingerprint density at radius 1 is 1.25 bits per heavy atom. The molecular weight excluding hydrogens is 202 g/mol. The maximum absolute atomic E-state index is 11.9. The van der Waals surface area contributed by atoms with Crippen molar-refractivity contribution in [2.45, 2.75) is 64.4 Å². The molecule has 0 bridgehead atoms. The van der Waals surface area contributed by atoms with Gasteiger partial charge in [0.15, 0.2) is 0 Å². The maximum Gasteiger partial charge on any atom is 0.223 e. The van der Waals surface area contributed by atoms with Crippen molar-refractivity contribution in [1.29, 1.82) is 0 Å². The van der Waals surface area contributed by atoms with E-state index in [0.29, 0.717) is 19.4 Å². The van der Waals surface area contributed by atoms with Crippen molar-refractivity contribution in [2.24, 2.45) is 5.92 Å². The first-order valence-electron chi connectivity index (χ1n) is 6.61. The number of aliphatic hydroxyl groups is 1. The molecule has 1 aliphatic carbocycles. The minimum absolute atomic E-state index is 0.139. The molecule has 0 aromatic heterocycles. The minimum atomic E-state index is -0.718. The molecule has 3 nitrogen and oxygen atoms in total. The van der Waals surface area contributed by atoms with Crippen molar-refractivity contribution >= 4 is 5.91 Å². The Balaban J connectivity index is 2.33. The molecule has 1 fully saturated rings. The van der Waals surface area contributed by atoms with Gasteiger partial charge in [0.05, 0.1) is 5.60 Å². The van der Waals surface area contributed by atoms with Gasteiger partial charge in [0.25, 0.3) is 0 Å². The predicted molar refractivity (Wildman–Crippen MR) is 65.1 cm³/mol. The third-order valence-electron chi connectivity index (χ3n) is 3.88. The Bertz CT molecular complexity index is 218. The number of hydrogen-bond acceptors (Lipinski definition) is 2. The van der Waals surface area contributed by atoms with E-state index in [1.54, 1.807) is 0 Å². The van der Waals surface area contributed by atoms with Gasteiger partial charge in [-0.15, -0.1) is 0 Å². The quantitative estimate of drug-likeness (QED) is 0.756. The summed E-state index contributed by atoms with van der Waals surface area (Å²) in [6.07, 6.45) is 7.01. The van der Waals surface area contributed by atoms with Crippen LogP contribution in [0.15, 0.2) is 0 Å². The van der Waals surface area contributed by atoms with Gasteiger partial charge in [-0.25, -0.2) is 0 Å². The summed E-state index contributed by atoms with van der Waals surface area (Å²) in [6, 6.07) is 0. The van der Waals surface area contributed by atoms with Crippen LogP contribution < -0.4 is 5.32 Å². The van der Waals surface area contributed by atoms with Gasteiger partial charge in [-0.1, -0.05) is 33.1 Å². The number of carbonyl (C=O) groups is 1. The molecule has 0 aromatic carbocycles. The zero-order chi connectivity index (χ0) is 12.0. The summed E-state index contributed by atoms with van der Waals surface area (Å²) in [5.41, 5.74) is -0.718. The van der Waals surface area contributed by atoms with Gasteiger partial charge < -0.3 is 10.4 Å². The molecule has 0 heterocycles. The van der Waals surface area contributed by atoms with E-state index in [9.17, 15) is 9.90 Å². The Labute approximate surface area is 98.6 Å². The second-order valence-electron chi connectivity index (χ2n) is 4.98. The van der Waals surface area contributed by atoms with Crippen LogP contribution in [-0.2, 0) is 4.79 Å². The highest BCUT2D eigenvalue weighted by molar-refractivity contribution is 5.78. The fourth-order valence-electron chi connectivity index (χ4n) is 2.26. The first-order chi connectivity index (χ1) is 7.61. The van der Waals surface area contributed by atoms with E-state index in [-0.39, 0.29) is 11.8 Å². The van der Waals surface area contributed by atoms with Crippen LogP contribution in [0.4, 0.5) is 0 Å². The van der Waals surface area contributed by atoms with Crippen molar-refractivity contribution in [3.05, 3.63) is 0 Å². The van der Waals surface area contributed by atoms with Crippen LogP contribution in [0.1, 0.15) is 58.8 Å². The van der Waals surface area contributed by atoms with Gasteiger partial charge in [0, 0.05) is 12.5 Å². The molecule has 0 saturated heterocycles. The van der Waals surface area contributed by atoms with Crippen LogP contribution in [0, 0.1) is 5.92 Å². The molecule has 1 amide bonds. The SMILES string of the molecule is CCC(O)(CC)CNC(=O)C1CCCCC1. The summed E-state index contributed by atoms with van der Waals surface area (Å²) in [4.78, 5) is 11.9. The molecule has 0 aromatic rings. The summed E-state index contributed by atoms with van der Waals surface area (Å²) in [7, 11) is 0. The second-order valence-corrected chi connectivity index (χ2v) is 4.98. The summed E-state index contributed by atoms with van der Waals surface area (Å²) < 4.78 is 0. The molecule has 94 valence electrons. The molecule has 0 unspecified atom stereocenters. The summed E-state index contributed by atoms with van der Waals surface area (Å²) in [6.45, 7) is 4.31. The molecule has 0 aliphatic heterocycles.